The fraction of sp³-hybridized carbons (Fsp3) is 0.650. The van der Waals surface area contributed by atoms with Crippen LogP contribution in [-0.4, -0.2) is 81.0 Å². The Morgan fingerprint density at radius 3 is 2.42 bits per heavy atom. The smallest absolute Gasteiger partial charge is 0.254 e. The average molecular weight is 362 g/mol. The summed E-state index contributed by atoms with van der Waals surface area (Å²) >= 11 is 0. The van der Waals surface area contributed by atoms with E-state index in [9.17, 15) is 4.79 Å². The molecule has 0 unspecified atom stereocenters. The van der Waals surface area contributed by atoms with E-state index in [1.165, 1.54) is 0 Å². The Kier molecular flexibility index (Phi) is 7.29. The van der Waals surface area contributed by atoms with Gasteiger partial charge >= 0.3 is 0 Å². The molecule has 2 aliphatic heterocycles. The summed E-state index contributed by atoms with van der Waals surface area (Å²) in [6.07, 6.45) is 1.82. The molecule has 0 saturated carbocycles. The lowest BCUT2D eigenvalue weighted by molar-refractivity contribution is 0.0141. The molecule has 6 nitrogen and oxygen atoms in total. The van der Waals surface area contributed by atoms with E-state index in [1.807, 2.05) is 36.1 Å². The second kappa shape index (κ2) is 9.90. The Morgan fingerprint density at radius 1 is 1.12 bits per heavy atom. The molecule has 1 aromatic rings. The standard InChI is InChI=1S/C20H30N2O4/c1-2-26-19-5-3-17(4-6-19)20(23)22(18-7-13-24-14-8-18)10-9-21-11-15-25-16-12-21/h3-6,18H,2,7-16H2,1H3. The van der Waals surface area contributed by atoms with E-state index in [4.69, 9.17) is 14.2 Å². The van der Waals surface area contributed by atoms with Crippen molar-refractivity contribution in [2.24, 2.45) is 0 Å². The molecule has 0 aliphatic carbocycles. The number of rotatable bonds is 7. The quantitative estimate of drug-likeness (QED) is 0.743. The highest BCUT2D eigenvalue weighted by atomic mass is 16.5. The maximum Gasteiger partial charge on any atom is 0.254 e. The minimum Gasteiger partial charge on any atom is -0.494 e. The summed E-state index contributed by atoms with van der Waals surface area (Å²) in [6.45, 7) is 9.13. The SMILES string of the molecule is CCOc1ccc(C(=O)N(CCN2CCOCC2)C2CCOCC2)cc1. The Hall–Kier alpha value is -1.63. The van der Waals surface area contributed by atoms with Gasteiger partial charge in [0, 0.05) is 51.0 Å². The van der Waals surface area contributed by atoms with Crippen molar-refractivity contribution in [3.05, 3.63) is 29.8 Å². The van der Waals surface area contributed by atoms with Crippen molar-refractivity contribution in [1.82, 2.24) is 9.80 Å². The molecule has 144 valence electrons. The molecule has 2 saturated heterocycles. The molecular formula is C20H30N2O4. The predicted octanol–water partition coefficient (Wildman–Crippen LogP) is 2.04. The van der Waals surface area contributed by atoms with Crippen LogP contribution in [0.1, 0.15) is 30.1 Å². The van der Waals surface area contributed by atoms with Crippen molar-refractivity contribution >= 4 is 5.91 Å². The van der Waals surface area contributed by atoms with Crippen LogP contribution in [0, 0.1) is 0 Å². The van der Waals surface area contributed by atoms with Crippen molar-refractivity contribution in [2.75, 3.05) is 59.2 Å². The number of carbonyl (C=O) groups excluding carboxylic acids is 1. The maximum absolute atomic E-state index is 13.2. The maximum atomic E-state index is 13.2. The van der Waals surface area contributed by atoms with Crippen molar-refractivity contribution in [3.8, 4) is 5.75 Å². The summed E-state index contributed by atoms with van der Waals surface area (Å²) in [7, 11) is 0. The summed E-state index contributed by atoms with van der Waals surface area (Å²) < 4.78 is 16.4. The van der Waals surface area contributed by atoms with Gasteiger partial charge in [0.25, 0.3) is 5.91 Å². The molecule has 0 atom stereocenters. The van der Waals surface area contributed by atoms with Crippen LogP contribution in [0.15, 0.2) is 24.3 Å². The van der Waals surface area contributed by atoms with Crippen LogP contribution in [0.3, 0.4) is 0 Å². The third-order valence-corrected chi connectivity index (χ3v) is 5.07. The van der Waals surface area contributed by atoms with Crippen molar-refractivity contribution in [3.63, 3.8) is 0 Å². The molecule has 2 heterocycles. The van der Waals surface area contributed by atoms with E-state index in [0.717, 1.165) is 76.8 Å². The summed E-state index contributed by atoms with van der Waals surface area (Å²) in [5, 5.41) is 0. The molecular weight excluding hydrogens is 332 g/mol. The number of morpholine rings is 1. The highest BCUT2D eigenvalue weighted by molar-refractivity contribution is 5.94. The molecule has 6 heteroatoms. The zero-order valence-electron chi connectivity index (χ0n) is 15.7. The molecule has 1 aromatic carbocycles. The molecule has 0 N–H and O–H groups in total. The minimum atomic E-state index is 0.105. The number of ether oxygens (including phenoxy) is 3. The number of amides is 1. The molecule has 1 amide bonds. The molecule has 0 radical (unpaired) electrons. The van der Waals surface area contributed by atoms with Crippen LogP contribution in [0.25, 0.3) is 0 Å². The second-order valence-electron chi connectivity index (χ2n) is 6.75. The van der Waals surface area contributed by atoms with Crippen molar-refractivity contribution < 1.29 is 19.0 Å². The molecule has 2 fully saturated rings. The lowest BCUT2D eigenvalue weighted by Gasteiger charge is -2.36. The van der Waals surface area contributed by atoms with Gasteiger partial charge in [0.1, 0.15) is 5.75 Å². The zero-order valence-corrected chi connectivity index (χ0v) is 15.7. The fourth-order valence-electron chi connectivity index (χ4n) is 3.55. The predicted molar refractivity (Wildman–Crippen MR) is 99.7 cm³/mol. The number of carbonyl (C=O) groups is 1. The van der Waals surface area contributed by atoms with Gasteiger partial charge in [-0.2, -0.15) is 0 Å². The highest BCUT2D eigenvalue weighted by Crippen LogP contribution is 2.19. The molecule has 2 aliphatic rings. The van der Waals surface area contributed by atoms with Gasteiger partial charge in [-0.1, -0.05) is 0 Å². The van der Waals surface area contributed by atoms with Gasteiger partial charge in [0.15, 0.2) is 0 Å². The molecule has 0 aromatic heterocycles. The monoisotopic (exact) mass is 362 g/mol. The van der Waals surface area contributed by atoms with E-state index < -0.39 is 0 Å². The first-order valence-corrected chi connectivity index (χ1v) is 9.69. The van der Waals surface area contributed by atoms with Gasteiger partial charge < -0.3 is 19.1 Å². The van der Waals surface area contributed by atoms with Crippen LogP contribution in [0.4, 0.5) is 0 Å². The van der Waals surface area contributed by atoms with Gasteiger partial charge in [-0.15, -0.1) is 0 Å². The van der Waals surface area contributed by atoms with Crippen LogP contribution < -0.4 is 4.74 Å². The Morgan fingerprint density at radius 2 is 1.77 bits per heavy atom. The van der Waals surface area contributed by atoms with Gasteiger partial charge in [-0.25, -0.2) is 0 Å². The van der Waals surface area contributed by atoms with Gasteiger partial charge in [-0.05, 0) is 44.0 Å². The molecule has 26 heavy (non-hydrogen) atoms. The zero-order chi connectivity index (χ0) is 18.2. The van der Waals surface area contributed by atoms with Crippen molar-refractivity contribution in [1.29, 1.82) is 0 Å². The van der Waals surface area contributed by atoms with Gasteiger partial charge in [0.05, 0.1) is 19.8 Å². The fourth-order valence-corrected chi connectivity index (χ4v) is 3.55. The van der Waals surface area contributed by atoms with Crippen LogP contribution in [0.2, 0.25) is 0 Å². The summed E-state index contributed by atoms with van der Waals surface area (Å²) in [5.41, 5.74) is 0.724. The Bertz CT molecular complexity index is 551. The van der Waals surface area contributed by atoms with E-state index in [1.54, 1.807) is 0 Å². The minimum absolute atomic E-state index is 0.105. The average Bonchev–Trinajstić information content (AvgIpc) is 2.70. The number of nitrogens with zero attached hydrogens (tertiary/aromatic N) is 2. The lowest BCUT2D eigenvalue weighted by Crippen LogP contribution is -2.48. The highest BCUT2D eigenvalue weighted by Gasteiger charge is 2.27. The molecule has 3 rings (SSSR count). The normalized spacial score (nSPS) is 19.3. The van der Waals surface area contributed by atoms with E-state index in [0.29, 0.717) is 6.61 Å². The van der Waals surface area contributed by atoms with E-state index in [-0.39, 0.29) is 11.9 Å². The lowest BCUT2D eigenvalue weighted by atomic mass is 10.0. The number of hydrogen-bond acceptors (Lipinski definition) is 5. The van der Waals surface area contributed by atoms with Crippen LogP contribution in [0.5, 0.6) is 5.75 Å². The van der Waals surface area contributed by atoms with Gasteiger partial charge in [-0.3, -0.25) is 9.69 Å². The first kappa shape index (κ1) is 19.1. The number of hydrogen-bond donors (Lipinski definition) is 0. The first-order valence-electron chi connectivity index (χ1n) is 9.69. The molecule has 0 spiro atoms. The number of benzene rings is 1. The Labute approximate surface area is 156 Å². The summed E-state index contributed by atoms with van der Waals surface area (Å²) in [6, 6.07) is 7.74. The first-order chi connectivity index (χ1) is 12.8. The third-order valence-electron chi connectivity index (χ3n) is 5.07. The van der Waals surface area contributed by atoms with E-state index in [2.05, 4.69) is 4.90 Å². The molecule has 0 bridgehead atoms. The second-order valence-corrected chi connectivity index (χ2v) is 6.75. The van der Waals surface area contributed by atoms with Crippen LogP contribution in [-0.2, 0) is 9.47 Å². The van der Waals surface area contributed by atoms with Gasteiger partial charge in [0.2, 0.25) is 0 Å². The topological polar surface area (TPSA) is 51.2 Å². The Balaban J connectivity index is 1.67. The summed E-state index contributed by atoms with van der Waals surface area (Å²) in [4.78, 5) is 17.6. The largest absolute Gasteiger partial charge is 0.494 e. The third kappa shape index (κ3) is 5.19. The summed E-state index contributed by atoms with van der Waals surface area (Å²) in [5.74, 6) is 0.906. The van der Waals surface area contributed by atoms with Crippen molar-refractivity contribution in [2.45, 2.75) is 25.8 Å². The van der Waals surface area contributed by atoms with Crippen LogP contribution >= 0.6 is 0 Å². The van der Waals surface area contributed by atoms with E-state index >= 15 is 0 Å².